The number of aromatic amines is 1. The second-order valence-electron chi connectivity index (χ2n) is 9.08. The van der Waals surface area contributed by atoms with Gasteiger partial charge in [-0.05, 0) is 85.9 Å². The van der Waals surface area contributed by atoms with Gasteiger partial charge in [0.1, 0.15) is 11.5 Å². The summed E-state index contributed by atoms with van der Waals surface area (Å²) in [5.41, 5.74) is 7.61. The van der Waals surface area contributed by atoms with Gasteiger partial charge in [-0.2, -0.15) is 0 Å². The van der Waals surface area contributed by atoms with E-state index < -0.39 is 11.8 Å². The third-order valence-electron chi connectivity index (χ3n) is 6.98. The summed E-state index contributed by atoms with van der Waals surface area (Å²) in [5.74, 6) is 0.504. The third kappa shape index (κ3) is 4.92. The Balaban J connectivity index is 1.55. The summed E-state index contributed by atoms with van der Waals surface area (Å²) in [7, 11) is 0. The summed E-state index contributed by atoms with van der Waals surface area (Å²) in [4.78, 5) is 14.7. The molecule has 1 heterocycles. The van der Waals surface area contributed by atoms with Crippen molar-refractivity contribution in [3.05, 3.63) is 70.1 Å². The van der Waals surface area contributed by atoms with Gasteiger partial charge >= 0.3 is 6.36 Å². The van der Waals surface area contributed by atoms with Crippen LogP contribution in [0.4, 0.5) is 13.2 Å². The highest BCUT2D eigenvalue weighted by Gasteiger charge is 2.42. The molecule has 1 aliphatic rings. The van der Waals surface area contributed by atoms with Crippen molar-refractivity contribution in [2.24, 2.45) is 5.73 Å². The summed E-state index contributed by atoms with van der Waals surface area (Å²) in [6.45, 7) is 3.90. The molecule has 0 saturated heterocycles. The van der Waals surface area contributed by atoms with Gasteiger partial charge in [0, 0.05) is 23.0 Å². The zero-order valence-electron chi connectivity index (χ0n) is 19.2. The van der Waals surface area contributed by atoms with E-state index in [0.717, 1.165) is 22.3 Å². The number of H-pyrrole nitrogens is 1. The van der Waals surface area contributed by atoms with E-state index in [9.17, 15) is 18.0 Å². The van der Waals surface area contributed by atoms with Crippen LogP contribution in [0.15, 0.2) is 53.5 Å². The fourth-order valence-electron chi connectivity index (χ4n) is 5.12. The van der Waals surface area contributed by atoms with E-state index in [1.807, 2.05) is 38.1 Å². The molecule has 34 heavy (non-hydrogen) atoms. The molecule has 182 valence electrons. The lowest BCUT2D eigenvalue weighted by atomic mass is 9.64. The zero-order chi connectivity index (χ0) is 24.5. The van der Waals surface area contributed by atoms with Crippen LogP contribution in [0.2, 0.25) is 0 Å². The Kier molecular flexibility index (Phi) is 6.62. The monoisotopic (exact) mass is 474 g/mol. The highest BCUT2D eigenvalue weighted by atomic mass is 19.4. The van der Waals surface area contributed by atoms with Crippen molar-refractivity contribution in [3.8, 4) is 11.5 Å². The van der Waals surface area contributed by atoms with Crippen LogP contribution in [-0.2, 0) is 5.41 Å². The van der Waals surface area contributed by atoms with Crippen LogP contribution >= 0.6 is 0 Å². The number of fused-ring (bicyclic) bond motifs is 1. The Morgan fingerprint density at radius 2 is 1.91 bits per heavy atom. The number of hydrogen-bond acceptors (Lipinski definition) is 4. The molecule has 8 heteroatoms. The van der Waals surface area contributed by atoms with Crippen LogP contribution in [0.1, 0.15) is 50.2 Å². The Morgan fingerprint density at radius 1 is 1.18 bits per heavy atom. The average molecular weight is 475 g/mol. The number of benzene rings is 2. The summed E-state index contributed by atoms with van der Waals surface area (Å²) >= 11 is 0. The quantitative estimate of drug-likeness (QED) is 0.478. The molecular weight excluding hydrogens is 445 g/mol. The first-order valence-corrected chi connectivity index (χ1v) is 11.5. The second-order valence-corrected chi connectivity index (χ2v) is 9.08. The number of aryl methyl sites for hydroxylation is 1. The molecule has 1 fully saturated rings. The molecule has 0 bridgehead atoms. The number of ether oxygens (including phenoxy) is 2. The van der Waals surface area contributed by atoms with Gasteiger partial charge in [-0.15, -0.1) is 13.2 Å². The predicted molar refractivity (Wildman–Crippen MR) is 125 cm³/mol. The van der Waals surface area contributed by atoms with Crippen LogP contribution in [0.3, 0.4) is 0 Å². The number of alkyl halides is 3. The summed E-state index contributed by atoms with van der Waals surface area (Å²) in [5, 5.41) is 1.42. The molecule has 1 atom stereocenters. The number of aromatic nitrogens is 1. The molecule has 3 aromatic rings. The van der Waals surface area contributed by atoms with Gasteiger partial charge in [0.15, 0.2) is 0 Å². The van der Waals surface area contributed by atoms with Gasteiger partial charge in [-0.25, -0.2) is 0 Å². The van der Waals surface area contributed by atoms with Crippen molar-refractivity contribution < 1.29 is 22.6 Å². The lowest BCUT2D eigenvalue weighted by Gasteiger charge is -2.44. The fourth-order valence-corrected chi connectivity index (χ4v) is 5.12. The van der Waals surface area contributed by atoms with Gasteiger partial charge in [-0.3, -0.25) is 4.79 Å². The molecule has 1 saturated carbocycles. The smallest absolute Gasteiger partial charge is 0.490 e. The first kappa shape index (κ1) is 24.1. The molecule has 0 radical (unpaired) electrons. The van der Waals surface area contributed by atoms with E-state index in [-0.39, 0.29) is 23.5 Å². The van der Waals surface area contributed by atoms with Gasteiger partial charge in [0.25, 0.3) is 5.56 Å². The molecule has 1 aromatic heterocycles. The normalized spacial score (nSPS) is 21.9. The number of nitrogens with one attached hydrogen (secondary N) is 1. The molecule has 0 amide bonds. The van der Waals surface area contributed by atoms with Gasteiger partial charge in [0.2, 0.25) is 0 Å². The standard InChI is InChI=1S/C26H29F3N2O3/c1-3-23(30)25(18-5-4-6-20(15-18)34-26(27,28)29)10-7-19(8-11-25)33-22-14-17-9-12-31-24(32)21(17)13-16(22)2/h4-6,9,12-15,19,23H,3,7-8,10-11,30H2,1-2H3,(H,31,32)/t19-,23?,25+. The number of rotatable bonds is 6. The lowest BCUT2D eigenvalue weighted by molar-refractivity contribution is -0.274. The molecule has 2 aromatic carbocycles. The minimum Gasteiger partial charge on any atom is -0.490 e. The Hall–Kier alpha value is -3.00. The van der Waals surface area contributed by atoms with Crippen LogP contribution in [-0.4, -0.2) is 23.5 Å². The maximum absolute atomic E-state index is 12.8. The SMILES string of the molecule is CCC(N)[C@]1(c2cccc(OC(F)(F)F)c2)CC[C@H](Oc2cc3cc[nH]c(=O)c3cc2C)CC1. The highest BCUT2D eigenvalue weighted by Crippen LogP contribution is 2.44. The average Bonchev–Trinajstić information content (AvgIpc) is 2.79. The zero-order valence-corrected chi connectivity index (χ0v) is 19.2. The van der Waals surface area contributed by atoms with Gasteiger partial charge in [0.05, 0.1) is 6.10 Å². The molecule has 1 aliphatic carbocycles. The Labute approximate surface area is 196 Å². The number of nitrogens with two attached hydrogens (primary N) is 1. The van der Waals surface area contributed by atoms with Crippen molar-refractivity contribution in [1.82, 2.24) is 4.98 Å². The maximum atomic E-state index is 12.8. The van der Waals surface area contributed by atoms with Crippen molar-refractivity contribution in [2.75, 3.05) is 0 Å². The second kappa shape index (κ2) is 9.33. The van der Waals surface area contributed by atoms with Crippen molar-refractivity contribution in [1.29, 1.82) is 0 Å². The van der Waals surface area contributed by atoms with E-state index in [1.54, 1.807) is 12.3 Å². The fraction of sp³-hybridized carbons (Fsp3) is 0.423. The molecular formula is C26H29F3N2O3. The molecule has 4 rings (SSSR count). The van der Waals surface area contributed by atoms with Crippen LogP contribution in [0.25, 0.3) is 10.8 Å². The van der Waals surface area contributed by atoms with E-state index >= 15 is 0 Å². The Morgan fingerprint density at radius 3 is 2.59 bits per heavy atom. The molecule has 0 aliphatic heterocycles. The molecule has 5 nitrogen and oxygen atoms in total. The predicted octanol–water partition coefficient (Wildman–Crippen LogP) is 5.73. The summed E-state index contributed by atoms with van der Waals surface area (Å²) in [6, 6.07) is 11.6. The lowest BCUT2D eigenvalue weighted by Crippen LogP contribution is -2.48. The third-order valence-corrected chi connectivity index (χ3v) is 6.98. The van der Waals surface area contributed by atoms with E-state index in [4.69, 9.17) is 10.5 Å². The van der Waals surface area contributed by atoms with Crippen molar-refractivity contribution in [3.63, 3.8) is 0 Å². The van der Waals surface area contributed by atoms with Crippen LogP contribution < -0.4 is 20.8 Å². The highest BCUT2D eigenvalue weighted by molar-refractivity contribution is 5.83. The van der Waals surface area contributed by atoms with Gasteiger partial charge < -0.3 is 20.2 Å². The summed E-state index contributed by atoms with van der Waals surface area (Å²) in [6.07, 6.45) is 0.325. The largest absolute Gasteiger partial charge is 0.573 e. The first-order chi connectivity index (χ1) is 16.1. The van der Waals surface area contributed by atoms with E-state index in [2.05, 4.69) is 9.72 Å². The summed E-state index contributed by atoms with van der Waals surface area (Å²) < 4.78 is 48.8. The van der Waals surface area contributed by atoms with Crippen molar-refractivity contribution >= 4 is 10.8 Å². The van der Waals surface area contributed by atoms with Crippen molar-refractivity contribution in [2.45, 2.75) is 69.9 Å². The number of pyridine rings is 1. The minimum absolute atomic E-state index is 0.0510. The van der Waals surface area contributed by atoms with E-state index in [0.29, 0.717) is 37.5 Å². The minimum atomic E-state index is -4.74. The Bertz CT molecular complexity index is 1210. The molecule has 3 N–H and O–H groups in total. The number of halogens is 3. The maximum Gasteiger partial charge on any atom is 0.573 e. The molecule has 0 spiro atoms. The van der Waals surface area contributed by atoms with Gasteiger partial charge in [-0.1, -0.05) is 19.1 Å². The van der Waals surface area contributed by atoms with Crippen LogP contribution in [0, 0.1) is 6.92 Å². The first-order valence-electron chi connectivity index (χ1n) is 11.5. The molecule has 1 unspecified atom stereocenters. The van der Waals surface area contributed by atoms with E-state index in [1.165, 1.54) is 12.1 Å². The van der Waals surface area contributed by atoms with Crippen LogP contribution in [0.5, 0.6) is 11.5 Å². The topological polar surface area (TPSA) is 77.3 Å². The number of hydrogen-bond donors (Lipinski definition) is 2.